The smallest absolute Gasteiger partial charge is 0.331 e. The van der Waals surface area contributed by atoms with Crippen molar-refractivity contribution in [3.63, 3.8) is 0 Å². The van der Waals surface area contributed by atoms with Crippen molar-refractivity contribution in [3.05, 3.63) is 53.7 Å². The highest BCUT2D eigenvalue weighted by atomic mass is 16.5. The molecular formula is C16H14N2O5. The molecule has 3 aromatic rings. The number of esters is 1. The Labute approximate surface area is 131 Å². The first-order chi connectivity index (χ1) is 11.1. The van der Waals surface area contributed by atoms with E-state index in [1.807, 2.05) is 19.9 Å². The number of carbonyl (C=O) groups excluding carboxylic acids is 1. The molecule has 3 heterocycles. The van der Waals surface area contributed by atoms with Crippen molar-refractivity contribution < 1.29 is 22.8 Å². The van der Waals surface area contributed by atoms with Gasteiger partial charge in [-0.05, 0) is 38.1 Å². The molecule has 0 bridgehead atoms. The largest absolute Gasteiger partial charge is 0.466 e. The predicted octanol–water partition coefficient (Wildman–Crippen LogP) is 3.30. The van der Waals surface area contributed by atoms with E-state index in [0.717, 1.165) is 11.3 Å². The first-order valence-corrected chi connectivity index (χ1v) is 6.90. The van der Waals surface area contributed by atoms with Crippen molar-refractivity contribution in [3.8, 4) is 11.5 Å². The third-order valence-electron chi connectivity index (χ3n) is 3.00. The van der Waals surface area contributed by atoms with Gasteiger partial charge in [0.25, 0.3) is 11.8 Å². The fraction of sp³-hybridized carbons (Fsp3) is 0.188. The molecule has 0 radical (unpaired) electrons. The number of aryl methyl sites for hydroxylation is 2. The molecule has 23 heavy (non-hydrogen) atoms. The van der Waals surface area contributed by atoms with E-state index in [9.17, 15) is 4.79 Å². The van der Waals surface area contributed by atoms with Crippen LogP contribution in [0.15, 0.2) is 43.8 Å². The van der Waals surface area contributed by atoms with Crippen LogP contribution in [-0.4, -0.2) is 16.2 Å². The molecule has 0 amide bonds. The molecule has 7 heteroatoms. The summed E-state index contributed by atoms with van der Waals surface area (Å²) >= 11 is 0. The molecule has 0 fully saturated rings. The first kappa shape index (κ1) is 14.8. The zero-order chi connectivity index (χ0) is 16.2. The highest BCUT2D eigenvalue weighted by Gasteiger charge is 2.15. The molecule has 0 aromatic carbocycles. The maximum Gasteiger partial charge on any atom is 0.331 e. The van der Waals surface area contributed by atoms with E-state index in [1.165, 1.54) is 18.4 Å². The van der Waals surface area contributed by atoms with Crippen LogP contribution in [0, 0.1) is 13.8 Å². The molecule has 118 valence electrons. The van der Waals surface area contributed by atoms with Gasteiger partial charge in [0.15, 0.2) is 6.61 Å². The molecule has 3 aromatic heterocycles. The number of carbonyl (C=O) groups is 1. The van der Waals surface area contributed by atoms with Crippen molar-refractivity contribution in [2.75, 3.05) is 0 Å². The quantitative estimate of drug-likeness (QED) is 0.527. The Bertz CT molecular complexity index is 827. The molecule has 0 unspecified atom stereocenters. The second-order valence-corrected chi connectivity index (χ2v) is 4.78. The van der Waals surface area contributed by atoms with Crippen LogP contribution in [0.5, 0.6) is 0 Å². The molecule has 0 spiro atoms. The molecule has 0 aliphatic heterocycles. The number of rotatable bonds is 5. The number of ether oxygens (including phenoxy) is 1. The molecule has 0 atom stereocenters. The molecule has 7 nitrogen and oxygen atoms in total. The van der Waals surface area contributed by atoms with Crippen LogP contribution in [0.2, 0.25) is 0 Å². The highest BCUT2D eigenvalue weighted by Crippen LogP contribution is 2.25. The van der Waals surface area contributed by atoms with Crippen molar-refractivity contribution in [2.45, 2.75) is 20.5 Å². The SMILES string of the molecule is Cc1cc(-c2nnc(COC(=O)/C=C/c3ccco3)o2)c(C)o1. The van der Waals surface area contributed by atoms with Crippen molar-refractivity contribution >= 4 is 12.0 Å². The van der Waals surface area contributed by atoms with E-state index in [2.05, 4.69) is 10.2 Å². The average Bonchev–Trinajstić information content (AvgIpc) is 3.24. The molecule has 0 N–H and O–H groups in total. The topological polar surface area (TPSA) is 91.5 Å². The van der Waals surface area contributed by atoms with Crippen LogP contribution >= 0.6 is 0 Å². The lowest BCUT2D eigenvalue weighted by atomic mass is 10.2. The molecule has 0 aliphatic rings. The van der Waals surface area contributed by atoms with Gasteiger partial charge >= 0.3 is 5.97 Å². The fourth-order valence-electron chi connectivity index (χ4n) is 1.98. The minimum atomic E-state index is -0.531. The molecular weight excluding hydrogens is 300 g/mol. The fourth-order valence-corrected chi connectivity index (χ4v) is 1.98. The molecule has 0 saturated heterocycles. The molecule has 3 rings (SSSR count). The van der Waals surface area contributed by atoms with Crippen LogP contribution in [0.1, 0.15) is 23.2 Å². The van der Waals surface area contributed by atoms with Gasteiger partial charge in [0.1, 0.15) is 17.3 Å². The van der Waals surface area contributed by atoms with Gasteiger partial charge in [0, 0.05) is 6.08 Å². The Kier molecular flexibility index (Phi) is 4.09. The lowest BCUT2D eigenvalue weighted by Gasteiger charge is -1.96. The minimum Gasteiger partial charge on any atom is -0.466 e. The highest BCUT2D eigenvalue weighted by molar-refractivity contribution is 5.86. The third-order valence-corrected chi connectivity index (χ3v) is 3.00. The Balaban J connectivity index is 1.59. The zero-order valence-corrected chi connectivity index (χ0v) is 12.6. The van der Waals surface area contributed by atoms with Gasteiger partial charge in [-0.1, -0.05) is 0 Å². The lowest BCUT2D eigenvalue weighted by Crippen LogP contribution is -2.00. The summed E-state index contributed by atoms with van der Waals surface area (Å²) in [4.78, 5) is 11.6. The number of hydrogen-bond donors (Lipinski definition) is 0. The molecule has 0 saturated carbocycles. The zero-order valence-electron chi connectivity index (χ0n) is 12.6. The lowest BCUT2D eigenvalue weighted by molar-refractivity contribution is -0.139. The number of hydrogen-bond acceptors (Lipinski definition) is 7. The Hall–Kier alpha value is -3.09. The van der Waals surface area contributed by atoms with Gasteiger partial charge in [-0.25, -0.2) is 4.79 Å². The van der Waals surface area contributed by atoms with Crippen molar-refractivity contribution in [1.82, 2.24) is 10.2 Å². The summed E-state index contributed by atoms with van der Waals surface area (Å²) in [6.07, 6.45) is 4.30. The van der Waals surface area contributed by atoms with E-state index >= 15 is 0 Å². The van der Waals surface area contributed by atoms with Gasteiger partial charge in [0.2, 0.25) is 0 Å². The number of nitrogens with zero attached hydrogens (tertiary/aromatic N) is 2. The van der Waals surface area contributed by atoms with Gasteiger partial charge in [-0.2, -0.15) is 0 Å². The van der Waals surface area contributed by atoms with Crippen LogP contribution < -0.4 is 0 Å². The van der Waals surface area contributed by atoms with E-state index in [1.54, 1.807) is 12.1 Å². The Morgan fingerprint density at radius 2 is 2.17 bits per heavy atom. The summed E-state index contributed by atoms with van der Waals surface area (Å²) in [7, 11) is 0. The van der Waals surface area contributed by atoms with Crippen LogP contribution in [0.4, 0.5) is 0 Å². The summed E-state index contributed by atoms with van der Waals surface area (Å²) in [5.41, 5.74) is 0.727. The Morgan fingerprint density at radius 3 is 2.87 bits per heavy atom. The van der Waals surface area contributed by atoms with E-state index < -0.39 is 5.97 Å². The van der Waals surface area contributed by atoms with Gasteiger partial charge in [-0.3, -0.25) is 0 Å². The van der Waals surface area contributed by atoms with Crippen LogP contribution in [0.3, 0.4) is 0 Å². The summed E-state index contributed by atoms with van der Waals surface area (Å²) in [6, 6.07) is 5.26. The first-order valence-electron chi connectivity index (χ1n) is 6.90. The second kappa shape index (κ2) is 6.35. The summed E-state index contributed by atoms with van der Waals surface area (Å²) in [5.74, 6) is 2.02. The van der Waals surface area contributed by atoms with Gasteiger partial charge in [0.05, 0.1) is 11.8 Å². The van der Waals surface area contributed by atoms with Gasteiger partial charge in [-0.15, -0.1) is 10.2 Å². The van der Waals surface area contributed by atoms with E-state index in [0.29, 0.717) is 17.4 Å². The van der Waals surface area contributed by atoms with E-state index in [-0.39, 0.29) is 12.5 Å². The van der Waals surface area contributed by atoms with Gasteiger partial charge < -0.3 is 18.0 Å². The maximum atomic E-state index is 11.6. The van der Waals surface area contributed by atoms with E-state index in [4.69, 9.17) is 18.0 Å². The average molecular weight is 314 g/mol. The number of aromatic nitrogens is 2. The summed E-state index contributed by atoms with van der Waals surface area (Å²) in [5, 5.41) is 7.77. The molecule has 0 aliphatic carbocycles. The summed E-state index contributed by atoms with van der Waals surface area (Å²) < 4.78 is 21.0. The maximum absolute atomic E-state index is 11.6. The van der Waals surface area contributed by atoms with Crippen LogP contribution in [-0.2, 0) is 16.1 Å². The standard InChI is InChI=1S/C16H14N2O5/c1-10-8-13(11(2)22-10)16-18-17-14(23-16)9-21-15(19)6-5-12-4-3-7-20-12/h3-8H,9H2,1-2H3/b6-5+. The predicted molar refractivity (Wildman–Crippen MR) is 79.0 cm³/mol. The summed E-state index contributed by atoms with van der Waals surface area (Å²) in [6.45, 7) is 3.54. The van der Waals surface area contributed by atoms with Crippen molar-refractivity contribution in [1.29, 1.82) is 0 Å². The van der Waals surface area contributed by atoms with Crippen LogP contribution in [0.25, 0.3) is 17.5 Å². The number of furan rings is 2. The monoisotopic (exact) mass is 314 g/mol. The second-order valence-electron chi connectivity index (χ2n) is 4.78. The Morgan fingerprint density at radius 1 is 1.30 bits per heavy atom. The normalized spacial score (nSPS) is 11.2. The minimum absolute atomic E-state index is 0.107. The third kappa shape index (κ3) is 3.57. The van der Waals surface area contributed by atoms with Crippen molar-refractivity contribution in [2.24, 2.45) is 0 Å².